The van der Waals surface area contributed by atoms with E-state index in [1.807, 2.05) is 11.8 Å². The van der Waals surface area contributed by atoms with Gasteiger partial charge in [0.25, 0.3) is 0 Å². The van der Waals surface area contributed by atoms with Crippen molar-refractivity contribution in [1.29, 1.82) is 0 Å². The van der Waals surface area contributed by atoms with Crippen LogP contribution >= 0.6 is 11.8 Å². The molecule has 2 unspecified atom stereocenters. The average Bonchev–Trinajstić information content (AvgIpc) is 2.68. The monoisotopic (exact) mass is 179 g/mol. The molecule has 1 rings (SSSR count). The van der Waals surface area contributed by atoms with Crippen LogP contribution in [-0.4, -0.2) is 22.7 Å². The van der Waals surface area contributed by atoms with Crippen LogP contribution in [0.2, 0.25) is 0 Å². The molecule has 60 valence electrons. The number of hydrogen-bond acceptors (Lipinski definition) is 2. The highest BCUT2D eigenvalue weighted by Gasteiger charge is 2.52. The molecule has 0 aromatic carbocycles. The van der Waals surface area contributed by atoms with Crippen molar-refractivity contribution >= 4 is 22.9 Å². The van der Waals surface area contributed by atoms with Crippen molar-refractivity contribution in [2.75, 3.05) is 17.3 Å². The van der Waals surface area contributed by atoms with E-state index in [9.17, 15) is 0 Å². The summed E-state index contributed by atoms with van der Waals surface area (Å²) in [4.78, 5) is 0. The number of thioether (sulfide) groups is 1. The van der Waals surface area contributed by atoms with Gasteiger partial charge in [0.05, 0.1) is 5.75 Å². The fourth-order valence-electron chi connectivity index (χ4n) is 0.797. The van der Waals surface area contributed by atoms with E-state index in [2.05, 4.69) is 13.8 Å². The van der Waals surface area contributed by atoms with Crippen molar-refractivity contribution in [2.45, 2.75) is 25.7 Å². The molecular weight excluding hydrogens is 164 g/mol. The molecule has 1 fully saturated rings. The molecule has 0 radical (unpaired) electrons. The highest BCUT2D eigenvalue weighted by atomic mass is 32.2. The molecular formula is C7H15OS2+. The zero-order valence-corrected chi connectivity index (χ0v) is 8.26. The van der Waals surface area contributed by atoms with Crippen LogP contribution in [0.1, 0.15) is 20.3 Å². The minimum absolute atomic E-state index is 0.365. The normalized spacial score (nSPS) is 30.6. The van der Waals surface area contributed by atoms with Crippen LogP contribution < -0.4 is 0 Å². The summed E-state index contributed by atoms with van der Waals surface area (Å²) >= 11 is 2.39. The Kier molecular flexibility index (Phi) is 3.96. The largest absolute Gasteiger partial charge is 0.308 e. The smallest absolute Gasteiger partial charge is 0.154 e. The average molecular weight is 179 g/mol. The van der Waals surface area contributed by atoms with Gasteiger partial charge < -0.3 is 0 Å². The second kappa shape index (κ2) is 4.52. The van der Waals surface area contributed by atoms with E-state index < -0.39 is 0 Å². The highest BCUT2D eigenvalue weighted by Crippen LogP contribution is 2.30. The topological polar surface area (TPSA) is 12.5 Å². The van der Waals surface area contributed by atoms with Crippen molar-refractivity contribution in [1.82, 2.24) is 0 Å². The van der Waals surface area contributed by atoms with Gasteiger partial charge >= 0.3 is 5.44 Å². The molecule has 0 aromatic rings. The van der Waals surface area contributed by atoms with Crippen LogP contribution in [0.3, 0.4) is 0 Å². The zero-order chi connectivity index (χ0) is 7.40. The lowest BCUT2D eigenvalue weighted by Crippen LogP contribution is -1.95. The van der Waals surface area contributed by atoms with E-state index in [0.717, 1.165) is 0 Å². The van der Waals surface area contributed by atoms with Gasteiger partial charge in [-0.15, -0.1) is 4.18 Å². The first-order chi connectivity index (χ1) is 4.88. The molecule has 0 spiro atoms. The summed E-state index contributed by atoms with van der Waals surface area (Å²) in [6.07, 6.45) is 1.29. The maximum atomic E-state index is 5.42. The highest BCUT2D eigenvalue weighted by molar-refractivity contribution is 8.02. The molecule has 1 aliphatic heterocycles. The van der Waals surface area contributed by atoms with Gasteiger partial charge in [0, 0.05) is 0 Å². The maximum absolute atomic E-state index is 5.42. The maximum Gasteiger partial charge on any atom is 0.308 e. The van der Waals surface area contributed by atoms with Crippen LogP contribution in [-0.2, 0) is 15.4 Å². The summed E-state index contributed by atoms with van der Waals surface area (Å²) in [5.41, 5.74) is 0.626. The van der Waals surface area contributed by atoms with E-state index in [4.69, 9.17) is 4.18 Å². The third-order valence-corrected chi connectivity index (χ3v) is 4.53. The Bertz CT molecular complexity index is 97.6. The molecule has 1 nitrogen and oxygen atoms in total. The molecule has 1 aliphatic rings. The quantitative estimate of drug-likeness (QED) is 0.364. The lowest BCUT2D eigenvalue weighted by Gasteiger charge is -1.88. The Morgan fingerprint density at radius 1 is 1.50 bits per heavy atom. The van der Waals surface area contributed by atoms with Gasteiger partial charge in [-0.25, -0.2) is 0 Å². The molecule has 0 aromatic heterocycles. The second-order valence-corrected chi connectivity index (χ2v) is 5.48. The molecule has 10 heavy (non-hydrogen) atoms. The van der Waals surface area contributed by atoms with Gasteiger partial charge in [0.2, 0.25) is 0 Å². The number of hydrogen-bond donors (Lipinski definition) is 0. The molecule has 0 bridgehead atoms. The van der Waals surface area contributed by atoms with Crippen LogP contribution in [0.25, 0.3) is 0 Å². The summed E-state index contributed by atoms with van der Waals surface area (Å²) in [7, 11) is 0. The molecule has 1 heterocycles. The first kappa shape index (κ1) is 8.75. The van der Waals surface area contributed by atoms with Crippen molar-refractivity contribution in [2.24, 2.45) is 0 Å². The van der Waals surface area contributed by atoms with Crippen molar-refractivity contribution in [3.05, 3.63) is 0 Å². The van der Waals surface area contributed by atoms with Crippen LogP contribution in [0, 0.1) is 0 Å². The Morgan fingerprint density at radius 2 is 2.30 bits per heavy atom. The van der Waals surface area contributed by atoms with Crippen molar-refractivity contribution in [3.8, 4) is 0 Å². The summed E-state index contributed by atoms with van der Waals surface area (Å²) in [6.45, 7) is 4.42. The van der Waals surface area contributed by atoms with Gasteiger partial charge in [-0.3, -0.25) is 0 Å². The fourth-order valence-corrected chi connectivity index (χ4v) is 3.47. The lowest BCUT2D eigenvalue weighted by molar-refractivity contribution is 0.488. The van der Waals surface area contributed by atoms with Gasteiger partial charge in [-0.05, 0) is 19.1 Å². The molecule has 1 saturated heterocycles. The molecule has 3 heteroatoms. The minimum Gasteiger partial charge on any atom is -0.154 e. The molecule has 0 amide bonds. The Hall–Kier alpha value is 0.660. The Balaban J connectivity index is 1.87. The van der Waals surface area contributed by atoms with Crippen molar-refractivity contribution < 1.29 is 4.18 Å². The van der Waals surface area contributed by atoms with Crippen LogP contribution in [0.5, 0.6) is 0 Å². The van der Waals surface area contributed by atoms with Crippen LogP contribution in [0.4, 0.5) is 0 Å². The number of rotatable bonds is 5. The van der Waals surface area contributed by atoms with Gasteiger partial charge in [-0.1, -0.05) is 6.92 Å². The van der Waals surface area contributed by atoms with Gasteiger partial charge in [-0.2, -0.15) is 11.8 Å². The summed E-state index contributed by atoms with van der Waals surface area (Å²) in [5.74, 6) is 3.74. The van der Waals surface area contributed by atoms with Crippen molar-refractivity contribution in [3.63, 3.8) is 0 Å². The first-order valence-electron chi connectivity index (χ1n) is 3.83. The van der Waals surface area contributed by atoms with Gasteiger partial charge in [0.15, 0.2) is 11.2 Å². The Morgan fingerprint density at radius 3 is 2.80 bits per heavy atom. The van der Waals surface area contributed by atoms with Gasteiger partial charge in [0.1, 0.15) is 5.75 Å². The van der Waals surface area contributed by atoms with E-state index in [1.54, 1.807) is 0 Å². The first-order valence-corrected chi connectivity index (χ1v) is 6.36. The zero-order valence-electron chi connectivity index (χ0n) is 6.63. The summed E-state index contributed by atoms with van der Waals surface area (Å²) in [6, 6.07) is 0. The van der Waals surface area contributed by atoms with E-state index >= 15 is 0 Å². The molecule has 0 saturated carbocycles. The third kappa shape index (κ3) is 2.72. The third-order valence-electron chi connectivity index (χ3n) is 1.37. The fraction of sp³-hybridized carbons (Fsp3) is 1.00. The van der Waals surface area contributed by atoms with E-state index in [1.165, 1.54) is 23.7 Å². The van der Waals surface area contributed by atoms with E-state index in [-0.39, 0.29) is 0 Å². The SMILES string of the molecule is CCCSCC1O[S+]1CC. The standard InChI is InChI=1S/C7H15OS2/c1-3-5-9-6-7-8-10(7)4-2/h7H,3-6H2,1-2H3/q+1. The molecule has 0 aliphatic carbocycles. The van der Waals surface area contributed by atoms with Crippen LogP contribution in [0.15, 0.2) is 0 Å². The summed E-state index contributed by atoms with van der Waals surface area (Å²) in [5, 5.41) is 0. The molecule has 2 atom stereocenters. The predicted octanol–water partition coefficient (Wildman–Crippen LogP) is 2.04. The van der Waals surface area contributed by atoms with E-state index in [0.29, 0.717) is 16.6 Å². The predicted molar refractivity (Wildman–Crippen MR) is 50.4 cm³/mol. The second-order valence-electron chi connectivity index (χ2n) is 2.27. The minimum atomic E-state index is 0.365. The lowest BCUT2D eigenvalue weighted by atomic mass is 10.6. The summed E-state index contributed by atoms with van der Waals surface area (Å²) < 4.78 is 5.42. The Labute approximate surface area is 70.5 Å². The molecule has 0 N–H and O–H groups in total.